The van der Waals surface area contributed by atoms with E-state index in [9.17, 15) is 14.9 Å². The lowest BCUT2D eigenvalue weighted by molar-refractivity contribution is -0.384. The van der Waals surface area contributed by atoms with Crippen LogP contribution in [-0.4, -0.2) is 39.3 Å². The van der Waals surface area contributed by atoms with Crippen molar-refractivity contribution in [2.45, 2.75) is 13.3 Å². The average molecular weight is 473 g/mol. The number of methoxy groups -OCH3 is 1. The van der Waals surface area contributed by atoms with Gasteiger partial charge in [0.25, 0.3) is 11.6 Å². The number of benzene rings is 3. The predicted octanol–water partition coefficient (Wildman–Crippen LogP) is 4.89. The number of aromatic nitrogens is 3. The number of carbonyl (C=O) groups is 1. The van der Waals surface area contributed by atoms with Gasteiger partial charge in [-0.05, 0) is 48.9 Å². The van der Waals surface area contributed by atoms with Crippen LogP contribution < -0.4 is 14.8 Å². The van der Waals surface area contributed by atoms with Crippen LogP contribution in [0, 0.1) is 10.1 Å². The van der Waals surface area contributed by atoms with Crippen molar-refractivity contribution < 1.29 is 19.2 Å². The zero-order valence-electron chi connectivity index (χ0n) is 19.2. The van der Waals surface area contributed by atoms with E-state index in [0.29, 0.717) is 29.6 Å². The fourth-order valence-electron chi connectivity index (χ4n) is 3.33. The molecule has 0 aliphatic carbocycles. The maximum Gasteiger partial charge on any atom is 0.336 e. The van der Waals surface area contributed by atoms with Gasteiger partial charge < -0.3 is 14.8 Å². The zero-order valence-corrected chi connectivity index (χ0v) is 19.2. The molecule has 35 heavy (non-hydrogen) atoms. The number of nitrogens with zero attached hydrogens (tertiary/aromatic N) is 4. The summed E-state index contributed by atoms with van der Waals surface area (Å²) in [6.07, 6.45) is 0.821. The van der Waals surface area contributed by atoms with Crippen LogP contribution in [0.5, 0.6) is 11.8 Å². The van der Waals surface area contributed by atoms with Gasteiger partial charge in [0.15, 0.2) is 5.82 Å². The van der Waals surface area contributed by atoms with Crippen molar-refractivity contribution in [2.75, 3.05) is 19.0 Å². The first kappa shape index (κ1) is 23.4. The van der Waals surface area contributed by atoms with Crippen LogP contribution in [0.15, 0.2) is 72.8 Å². The maximum atomic E-state index is 12.6. The van der Waals surface area contributed by atoms with Crippen molar-refractivity contribution in [3.05, 3.63) is 88.5 Å². The standard InChI is InChI=1S/C25H23N5O5/c1-3-14-35-25-27-23(17-6-5-9-22(16-17)34-2)29(28-25)20-12-10-19(11-13-20)26-24(31)18-7-4-8-21(15-18)30(32)33/h4-13,15-16H,3,14H2,1-2H3,(H,26,31). The summed E-state index contributed by atoms with van der Waals surface area (Å²) in [4.78, 5) is 27.5. The highest BCUT2D eigenvalue weighted by Gasteiger charge is 2.16. The predicted molar refractivity (Wildman–Crippen MR) is 130 cm³/mol. The number of rotatable bonds is 9. The molecule has 10 nitrogen and oxygen atoms in total. The van der Waals surface area contributed by atoms with Crippen molar-refractivity contribution in [2.24, 2.45) is 0 Å². The third-order valence-corrected chi connectivity index (χ3v) is 5.04. The molecule has 1 aromatic heterocycles. The van der Waals surface area contributed by atoms with E-state index >= 15 is 0 Å². The Labute approximate surface area is 201 Å². The maximum absolute atomic E-state index is 12.6. The minimum Gasteiger partial charge on any atom is -0.497 e. The van der Waals surface area contributed by atoms with E-state index in [1.807, 2.05) is 31.2 Å². The normalized spacial score (nSPS) is 10.6. The first-order valence-corrected chi connectivity index (χ1v) is 10.9. The van der Waals surface area contributed by atoms with Crippen molar-refractivity contribution in [1.82, 2.24) is 14.8 Å². The lowest BCUT2D eigenvalue weighted by Gasteiger charge is -2.09. The summed E-state index contributed by atoms with van der Waals surface area (Å²) in [5.74, 6) is 0.810. The van der Waals surface area contributed by atoms with Crippen molar-refractivity contribution in [3.63, 3.8) is 0 Å². The molecule has 1 heterocycles. The molecule has 0 saturated carbocycles. The highest BCUT2D eigenvalue weighted by molar-refractivity contribution is 6.04. The number of anilines is 1. The topological polar surface area (TPSA) is 121 Å². The van der Waals surface area contributed by atoms with Crippen molar-refractivity contribution in [1.29, 1.82) is 0 Å². The molecule has 0 radical (unpaired) electrons. The van der Waals surface area contributed by atoms with Crippen LogP contribution in [0.3, 0.4) is 0 Å². The summed E-state index contributed by atoms with van der Waals surface area (Å²) in [5, 5.41) is 18.2. The van der Waals surface area contributed by atoms with Crippen molar-refractivity contribution >= 4 is 17.3 Å². The Bertz CT molecular complexity index is 1350. The van der Waals surface area contributed by atoms with Gasteiger partial charge in [-0.2, -0.15) is 4.98 Å². The number of amides is 1. The molecular formula is C25H23N5O5. The molecule has 0 saturated heterocycles. The Balaban J connectivity index is 1.60. The number of nitrogens with one attached hydrogen (secondary N) is 1. The van der Waals surface area contributed by atoms with Crippen LogP contribution in [0.2, 0.25) is 0 Å². The molecule has 0 aliphatic rings. The summed E-state index contributed by atoms with van der Waals surface area (Å²) < 4.78 is 12.6. The van der Waals surface area contributed by atoms with E-state index < -0.39 is 10.8 Å². The lowest BCUT2D eigenvalue weighted by atomic mass is 10.2. The molecule has 0 atom stereocenters. The van der Waals surface area contributed by atoms with Gasteiger partial charge in [-0.15, -0.1) is 5.10 Å². The summed E-state index contributed by atoms with van der Waals surface area (Å²) in [6, 6.07) is 20.3. The Kier molecular flexibility index (Phi) is 7.01. The molecule has 1 N–H and O–H groups in total. The average Bonchev–Trinajstić information content (AvgIpc) is 3.32. The number of carbonyl (C=O) groups excluding carboxylic acids is 1. The van der Waals surface area contributed by atoms with Gasteiger partial charge in [-0.25, -0.2) is 4.68 Å². The molecule has 1 amide bonds. The van der Waals surface area contributed by atoms with Gasteiger partial charge in [0.1, 0.15) is 5.75 Å². The van der Waals surface area contributed by atoms with Gasteiger partial charge in [0, 0.05) is 28.9 Å². The second-order valence-electron chi connectivity index (χ2n) is 7.52. The fraction of sp³-hybridized carbons (Fsp3) is 0.160. The Morgan fingerprint density at radius 3 is 2.57 bits per heavy atom. The van der Waals surface area contributed by atoms with Crippen LogP contribution in [0.25, 0.3) is 17.1 Å². The molecular weight excluding hydrogens is 450 g/mol. The van der Waals surface area contributed by atoms with Crippen LogP contribution in [0.1, 0.15) is 23.7 Å². The molecule has 0 bridgehead atoms. The van der Waals surface area contributed by atoms with Gasteiger partial charge in [0.2, 0.25) is 0 Å². The lowest BCUT2D eigenvalue weighted by Crippen LogP contribution is -2.12. The number of nitro benzene ring substituents is 1. The molecule has 4 aromatic rings. The monoisotopic (exact) mass is 473 g/mol. The minimum absolute atomic E-state index is 0.148. The molecule has 178 valence electrons. The molecule has 0 aliphatic heterocycles. The first-order valence-electron chi connectivity index (χ1n) is 10.9. The van der Waals surface area contributed by atoms with Crippen molar-refractivity contribution in [3.8, 4) is 28.8 Å². The Hall–Kier alpha value is -4.73. The molecule has 0 unspecified atom stereocenters. The molecule has 0 spiro atoms. The van der Waals surface area contributed by atoms with E-state index in [0.717, 1.165) is 12.0 Å². The second-order valence-corrected chi connectivity index (χ2v) is 7.52. The van der Waals surface area contributed by atoms with Gasteiger partial charge in [-0.3, -0.25) is 14.9 Å². The van der Waals surface area contributed by atoms with Crippen LogP contribution >= 0.6 is 0 Å². The fourth-order valence-corrected chi connectivity index (χ4v) is 3.33. The number of non-ortho nitro benzene ring substituents is 1. The van der Waals surface area contributed by atoms with Crippen LogP contribution in [0.4, 0.5) is 11.4 Å². The Morgan fingerprint density at radius 2 is 1.86 bits per heavy atom. The van der Waals surface area contributed by atoms with Gasteiger partial charge >= 0.3 is 6.01 Å². The Morgan fingerprint density at radius 1 is 1.09 bits per heavy atom. The van der Waals surface area contributed by atoms with E-state index in [4.69, 9.17) is 9.47 Å². The van der Waals surface area contributed by atoms with Gasteiger partial charge in [-0.1, -0.05) is 25.1 Å². The minimum atomic E-state index is -0.540. The summed E-state index contributed by atoms with van der Waals surface area (Å²) >= 11 is 0. The molecule has 0 fully saturated rings. The number of hydrogen-bond acceptors (Lipinski definition) is 7. The summed E-state index contributed by atoms with van der Waals surface area (Å²) in [5.41, 5.74) is 2.07. The third-order valence-electron chi connectivity index (χ3n) is 5.04. The quantitative estimate of drug-likeness (QED) is 0.271. The van der Waals surface area contributed by atoms with Gasteiger partial charge in [0.05, 0.1) is 24.3 Å². The smallest absolute Gasteiger partial charge is 0.336 e. The van der Waals surface area contributed by atoms with E-state index in [1.54, 1.807) is 36.1 Å². The highest BCUT2D eigenvalue weighted by Crippen LogP contribution is 2.27. The largest absolute Gasteiger partial charge is 0.497 e. The van der Waals surface area contributed by atoms with Crippen LogP contribution in [-0.2, 0) is 0 Å². The molecule has 10 heteroatoms. The second kappa shape index (κ2) is 10.5. The highest BCUT2D eigenvalue weighted by atomic mass is 16.6. The summed E-state index contributed by atoms with van der Waals surface area (Å²) in [6.45, 7) is 2.49. The third kappa shape index (κ3) is 5.44. The molecule has 3 aromatic carbocycles. The molecule has 4 rings (SSSR count). The summed E-state index contributed by atoms with van der Waals surface area (Å²) in [7, 11) is 1.60. The first-order chi connectivity index (χ1) is 17.0. The van der Waals surface area contributed by atoms with E-state index in [2.05, 4.69) is 15.4 Å². The zero-order chi connectivity index (χ0) is 24.8. The van der Waals surface area contributed by atoms with E-state index in [-0.39, 0.29) is 17.3 Å². The number of ether oxygens (including phenoxy) is 2. The SMILES string of the molecule is CCCOc1nc(-c2cccc(OC)c2)n(-c2ccc(NC(=O)c3cccc([N+](=O)[O-])c3)cc2)n1. The van der Waals surface area contributed by atoms with E-state index in [1.165, 1.54) is 24.3 Å². The number of hydrogen-bond donors (Lipinski definition) is 1. The number of nitro groups is 1.